The van der Waals surface area contributed by atoms with E-state index in [1.165, 1.54) is 28.6 Å². The number of aromatic nitrogens is 1. The normalized spacial score (nSPS) is 16.4. The van der Waals surface area contributed by atoms with Crippen LogP contribution >= 0.6 is 0 Å². The number of hydrogen-bond acceptors (Lipinski definition) is 2. The average Bonchev–Trinajstić information content (AvgIpc) is 2.65. The quantitative estimate of drug-likeness (QED) is 0.827. The summed E-state index contributed by atoms with van der Waals surface area (Å²) < 4.78 is 2.36. The van der Waals surface area contributed by atoms with Crippen molar-refractivity contribution in [3.63, 3.8) is 0 Å². The summed E-state index contributed by atoms with van der Waals surface area (Å²) in [6.45, 7) is 3.18. The minimum absolute atomic E-state index is 0.00415. The van der Waals surface area contributed by atoms with E-state index >= 15 is 0 Å². The van der Waals surface area contributed by atoms with Crippen LogP contribution in [0.4, 0.5) is 0 Å². The van der Waals surface area contributed by atoms with Gasteiger partial charge in [-0.3, -0.25) is 0 Å². The van der Waals surface area contributed by atoms with E-state index in [0.717, 1.165) is 18.5 Å². The van der Waals surface area contributed by atoms with E-state index in [-0.39, 0.29) is 12.6 Å². The fourth-order valence-corrected chi connectivity index (χ4v) is 3.10. The molecule has 2 aromatic rings. The summed E-state index contributed by atoms with van der Waals surface area (Å²) in [6.07, 6.45) is 2.34. The summed E-state index contributed by atoms with van der Waals surface area (Å²) in [5, 5.41) is 10.5. The van der Waals surface area contributed by atoms with Crippen LogP contribution in [0, 0.1) is 6.92 Å². The van der Waals surface area contributed by atoms with Crippen LogP contribution in [0.1, 0.15) is 29.3 Å². The largest absolute Gasteiger partial charge is 0.394 e. The first-order valence-electron chi connectivity index (χ1n) is 6.21. The fraction of sp³-hybridized carbons (Fsp3) is 0.429. The summed E-state index contributed by atoms with van der Waals surface area (Å²) >= 11 is 0. The van der Waals surface area contributed by atoms with Gasteiger partial charge in [-0.05, 0) is 30.9 Å². The highest BCUT2D eigenvalue weighted by Crippen LogP contribution is 2.34. The van der Waals surface area contributed by atoms with Crippen molar-refractivity contribution in [1.82, 2.24) is 4.57 Å². The number of aliphatic hydroxyl groups is 1. The van der Waals surface area contributed by atoms with Crippen molar-refractivity contribution >= 4 is 10.9 Å². The lowest BCUT2D eigenvalue weighted by Gasteiger charge is -2.16. The predicted octanol–water partition coefficient (Wildman–Crippen LogP) is 1.89. The van der Waals surface area contributed by atoms with Crippen LogP contribution in [0.3, 0.4) is 0 Å². The molecule has 1 aliphatic rings. The molecule has 1 aromatic heterocycles. The Morgan fingerprint density at radius 3 is 3.06 bits per heavy atom. The lowest BCUT2D eigenvalue weighted by Crippen LogP contribution is -2.16. The summed E-state index contributed by atoms with van der Waals surface area (Å²) in [7, 11) is 0. The minimum Gasteiger partial charge on any atom is -0.394 e. The monoisotopic (exact) mass is 230 g/mol. The number of rotatable bonds is 2. The van der Waals surface area contributed by atoms with Crippen LogP contribution in [-0.2, 0) is 13.0 Å². The van der Waals surface area contributed by atoms with Gasteiger partial charge in [0.05, 0.1) is 18.2 Å². The molecule has 0 aliphatic carbocycles. The predicted molar refractivity (Wildman–Crippen MR) is 69.0 cm³/mol. The highest BCUT2D eigenvalue weighted by atomic mass is 16.3. The molecule has 2 heterocycles. The Morgan fingerprint density at radius 1 is 1.47 bits per heavy atom. The zero-order chi connectivity index (χ0) is 12.0. The van der Waals surface area contributed by atoms with Gasteiger partial charge in [-0.1, -0.05) is 18.2 Å². The van der Waals surface area contributed by atoms with Crippen LogP contribution in [0.5, 0.6) is 0 Å². The van der Waals surface area contributed by atoms with E-state index in [4.69, 9.17) is 5.73 Å². The van der Waals surface area contributed by atoms with Crippen molar-refractivity contribution in [3.05, 3.63) is 35.0 Å². The van der Waals surface area contributed by atoms with Gasteiger partial charge in [-0.15, -0.1) is 0 Å². The van der Waals surface area contributed by atoms with Crippen molar-refractivity contribution < 1.29 is 5.11 Å². The molecule has 0 amide bonds. The van der Waals surface area contributed by atoms with Gasteiger partial charge in [0.15, 0.2) is 0 Å². The summed E-state index contributed by atoms with van der Waals surface area (Å²) in [5.74, 6) is 0. The molecular formula is C14H18N2O. The summed E-state index contributed by atoms with van der Waals surface area (Å²) in [6, 6.07) is 6.15. The molecule has 0 spiro atoms. The lowest BCUT2D eigenvalue weighted by atomic mass is 10.0. The Morgan fingerprint density at radius 2 is 2.29 bits per heavy atom. The van der Waals surface area contributed by atoms with Gasteiger partial charge in [0.1, 0.15) is 0 Å². The molecule has 0 saturated carbocycles. The molecule has 0 radical (unpaired) electrons. The van der Waals surface area contributed by atoms with Crippen molar-refractivity contribution in [2.75, 3.05) is 6.61 Å². The number of nitrogens with zero attached hydrogens (tertiary/aromatic N) is 1. The molecule has 0 bridgehead atoms. The van der Waals surface area contributed by atoms with Gasteiger partial charge >= 0.3 is 0 Å². The van der Waals surface area contributed by atoms with Crippen LogP contribution in [0.25, 0.3) is 10.9 Å². The molecule has 3 N–H and O–H groups in total. The smallest absolute Gasteiger partial charge is 0.0625 e. The highest BCUT2D eigenvalue weighted by Gasteiger charge is 2.22. The van der Waals surface area contributed by atoms with Gasteiger partial charge in [-0.2, -0.15) is 0 Å². The minimum atomic E-state index is -0.271. The number of benzene rings is 1. The molecule has 1 aromatic carbocycles. The average molecular weight is 230 g/mol. The summed E-state index contributed by atoms with van der Waals surface area (Å²) in [4.78, 5) is 0. The van der Waals surface area contributed by atoms with Gasteiger partial charge in [0.2, 0.25) is 0 Å². The van der Waals surface area contributed by atoms with Gasteiger partial charge in [0, 0.05) is 17.6 Å². The first-order chi connectivity index (χ1) is 8.24. The van der Waals surface area contributed by atoms with E-state index in [0.29, 0.717) is 0 Å². The van der Waals surface area contributed by atoms with Crippen molar-refractivity contribution in [3.8, 4) is 0 Å². The highest BCUT2D eigenvalue weighted by molar-refractivity contribution is 5.89. The molecule has 90 valence electrons. The molecule has 1 atom stereocenters. The Hall–Kier alpha value is -1.32. The lowest BCUT2D eigenvalue weighted by molar-refractivity contribution is 0.268. The first kappa shape index (κ1) is 10.8. The van der Waals surface area contributed by atoms with Crippen molar-refractivity contribution in [2.24, 2.45) is 5.73 Å². The Kier molecular flexibility index (Phi) is 2.45. The molecule has 1 aliphatic heterocycles. The zero-order valence-corrected chi connectivity index (χ0v) is 10.1. The second-order valence-electron chi connectivity index (χ2n) is 4.86. The number of hydrogen-bond donors (Lipinski definition) is 2. The molecule has 0 fully saturated rings. The fourth-order valence-electron chi connectivity index (χ4n) is 3.10. The van der Waals surface area contributed by atoms with Crippen LogP contribution in [0.15, 0.2) is 18.2 Å². The maximum Gasteiger partial charge on any atom is 0.0625 e. The molecule has 3 nitrogen and oxygen atoms in total. The Balaban J connectivity index is 2.38. The maximum absolute atomic E-state index is 9.30. The Bertz CT molecular complexity index is 571. The third kappa shape index (κ3) is 1.43. The third-order valence-corrected chi connectivity index (χ3v) is 3.87. The van der Waals surface area contributed by atoms with Crippen LogP contribution in [-0.4, -0.2) is 16.3 Å². The number of nitrogens with two attached hydrogens (primary N) is 1. The SMILES string of the molecule is Cc1c(C(N)CO)c2cccc3c2n1CCC3. The van der Waals surface area contributed by atoms with E-state index in [9.17, 15) is 5.11 Å². The van der Waals surface area contributed by atoms with Gasteiger partial charge in [0.25, 0.3) is 0 Å². The maximum atomic E-state index is 9.30. The van der Waals surface area contributed by atoms with Gasteiger partial charge < -0.3 is 15.4 Å². The second kappa shape index (κ2) is 3.86. The van der Waals surface area contributed by atoms with E-state index in [2.05, 4.69) is 29.7 Å². The van der Waals surface area contributed by atoms with Gasteiger partial charge in [-0.25, -0.2) is 0 Å². The standard InChI is InChI=1S/C14H18N2O/c1-9-13(12(15)8-17)11-6-2-4-10-5-3-7-16(9)14(10)11/h2,4,6,12,17H,3,5,7-8,15H2,1H3. The molecule has 1 unspecified atom stereocenters. The topological polar surface area (TPSA) is 51.2 Å². The number of aliphatic hydroxyl groups excluding tert-OH is 1. The van der Waals surface area contributed by atoms with Crippen molar-refractivity contribution in [1.29, 1.82) is 0 Å². The Labute approximate surface area is 101 Å². The van der Waals surface area contributed by atoms with E-state index in [1.54, 1.807) is 0 Å². The molecule has 0 saturated heterocycles. The summed E-state index contributed by atoms with van der Waals surface area (Å²) in [5.41, 5.74) is 11.1. The third-order valence-electron chi connectivity index (χ3n) is 3.87. The first-order valence-corrected chi connectivity index (χ1v) is 6.21. The number of aryl methyl sites for hydroxylation is 2. The second-order valence-corrected chi connectivity index (χ2v) is 4.86. The van der Waals surface area contributed by atoms with E-state index in [1.807, 2.05) is 0 Å². The molecule has 17 heavy (non-hydrogen) atoms. The van der Waals surface area contributed by atoms with Crippen molar-refractivity contribution in [2.45, 2.75) is 32.4 Å². The molecular weight excluding hydrogens is 212 g/mol. The zero-order valence-electron chi connectivity index (χ0n) is 10.1. The van der Waals surface area contributed by atoms with Crippen LogP contribution in [0.2, 0.25) is 0 Å². The number of para-hydroxylation sites is 1. The van der Waals surface area contributed by atoms with E-state index < -0.39 is 0 Å². The molecule has 3 rings (SSSR count). The molecule has 3 heteroatoms. The van der Waals surface area contributed by atoms with Crippen LogP contribution < -0.4 is 5.73 Å².